The molecule has 0 radical (unpaired) electrons. The van der Waals surface area contributed by atoms with Crippen LogP contribution in [0.4, 0.5) is 11.4 Å². The average molecular weight is 512 g/mol. The molecule has 3 rings (SSSR count). The molecule has 5 atom stereocenters. The molecule has 9 heteroatoms. The number of allylic oxidation sites excluding steroid dienone is 1. The van der Waals surface area contributed by atoms with Crippen LogP contribution in [0.25, 0.3) is 0 Å². The Hall–Kier alpha value is -3.24. The molecule has 0 saturated heterocycles. The zero-order chi connectivity index (χ0) is 27.2. The lowest BCUT2D eigenvalue weighted by Crippen LogP contribution is -2.56. The summed E-state index contributed by atoms with van der Waals surface area (Å²) in [5.74, 6) is -1.21. The number of benzene rings is 2. The number of ether oxygens (including phenoxy) is 1. The summed E-state index contributed by atoms with van der Waals surface area (Å²) in [5.41, 5.74) is 2.21. The van der Waals surface area contributed by atoms with Crippen molar-refractivity contribution in [1.29, 1.82) is 0 Å². The van der Waals surface area contributed by atoms with Crippen molar-refractivity contribution in [3.05, 3.63) is 72.3 Å². The van der Waals surface area contributed by atoms with Crippen molar-refractivity contribution in [3.8, 4) is 0 Å². The Morgan fingerprint density at radius 2 is 1.76 bits per heavy atom. The van der Waals surface area contributed by atoms with Crippen LogP contribution in [0.5, 0.6) is 0 Å². The third kappa shape index (κ3) is 7.62. The van der Waals surface area contributed by atoms with Gasteiger partial charge in [0.2, 0.25) is 5.91 Å². The predicted octanol–water partition coefficient (Wildman–Crippen LogP) is 1.83. The number of carbonyl (C=O) groups is 2. The molecule has 0 aliphatic carbocycles. The smallest absolute Gasteiger partial charge is 0.252 e. The van der Waals surface area contributed by atoms with Gasteiger partial charge in [-0.15, -0.1) is 0 Å². The number of aliphatic hydroxyl groups is 3. The Bertz CT molecular complexity index is 1080. The number of carbonyl (C=O) groups excluding carboxylic acids is 2. The van der Waals surface area contributed by atoms with Crippen LogP contribution < -0.4 is 15.5 Å². The molecule has 5 N–H and O–H groups in total. The molecule has 9 nitrogen and oxygen atoms in total. The Kier molecular flexibility index (Phi) is 9.45. The van der Waals surface area contributed by atoms with Gasteiger partial charge in [0.05, 0.1) is 11.4 Å². The lowest BCUT2D eigenvalue weighted by Gasteiger charge is -2.30. The molecule has 2 aromatic carbocycles. The fourth-order valence-corrected chi connectivity index (χ4v) is 4.08. The van der Waals surface area contributed by atoms with Crippen LogP contribution in [0.1, 0.15) is 26.3 Å². The number of amides is 2. The zero-order valence-electron chi connectivity index (χ0n) is 21.7. The van der Waals surface area contributed by atoms with Gasteiger partial charge in [-0.3, -0.25) is 9.59 Å². The molecule has 2 amide bonds. The number of anilines is 2. The number of para-hydroxylation sites is 2. The molecule has 0 saturated carbocycles. The Balaban J connectivity index is 1.76. The second kappa shape index (κ2) is 12.3. The van der Waals surface area contributed by atoms with Gasteiger partial charge >= 0.3 is 0 Å². The largest absolute Gasteiger partial charge is 0.387 e. The maximum atomic E-state index is 13.1. The zero-order valence-corrected chi connectivity index (χ0v) is 21.7. The van der Waals surface area contributed by atoms with E-state index >= 15 is 0 Å². The highest BCUT2D eigenvalue weighted by Gasteiger charge is 2.38. The standard InChI is InChI=1S/C28H37N3O6/c1-28(2,3)15-14-22(32)23(33)24(34)25(37-4)27(36)30-20-17-31(16-18-10-6-5-7-11-18)21-13-9-8-12-19(21)29-26(20)35/h5-15,20,22-25,32-34H,16-17H2,1-4H3,(H,29,35)(H,30,36)/t20?,22-,23+,24-,25-/m1/s1. The number of fused-ring (bicyclic) bond motifs is 1. The van der Waals surface area contributed by atoms with Gasteiger partial charge in [0.1, 0.15) is 24.4 Å². The Morgan fingerprint density at radius 3 is 2.41 bits per heavy atom. The summed E-state index contributed by atoms with van der Waals surface area (Å²) in [4.78, 5) is 28.2. The summed E-state index contributed by atoms with van der Waals surface area (Å²) in [6, 6.07) is 16.2. The minimum atomic E-state index is -1.74. The molecular weight excluding hydrogens is 474 g/mol. The first-order valence-electron chi connectivity index (χ1n) is 12.3. The van der Waals surface area contributed by atoms with Crippen LogP contribution in [0.15, 0.2) is 66.7 Å². The molecule has 0 spiro atoms. The number of hydrogen-bond donors (Lipinski definition) is 5. The molecule has 0 fully saturated rings. The maximum Gasteiger partial charge on any atom is 0.252 e. The molecule has 37 heavy (non-hydrogen) atoms. The van der Waals surface area contributed by atoms with Crippen molar-refractivity contribution < 1.29 is 29.6 Å². The summed E-state index contributed by atoms with van der Waals surface area (Å²) in [6.07, 6.45) is -3.29. The number of nitrogens with zero attached hydrogens (tertiary/aromatic N) is 1. The van der Waals surface area contributed by atoms with Gasteiger partial charge in [0.15, 0.2) is 6.10 Å². The minimum Gasteiger partial charge on any atom is -0.387 e. The third-order valence-electron chi connectivity index (χ3n) is 6.07. The van der Waals surface area contributed by atoms with Crippen LogP contribution in [0.2, 0.25) is 0 Å². The number of methoxy groups -OCH3 is 1. The lowest BCUT2D eigenvalue weighted by atomic mass is 9.94. The van der Waals surface area contributed by atoms with E-state index in [1.165, 1.54) is 13.2 Å². The first kappa shape index (κ1) is 28.3. The van der Waals surface area contributed by atoms with E-state index < -0.39 is 42.3 Å². The molecule has 1 aliphatic rings. The van der Waals surface area contributed by atoms with Gasteiger partial charge in [-0.1, -0.05) is 75.4 Å². The second-order valence-corrected chi connectivity index (χ2v) is 10.3. The van der Waals surface area contributed by atoms with Crippen molar-refractivity contribution in [2.75, 3.05) is 23.9 Å². The van der Waals surface area contributed by atoms with Gasteiger partial charge in [-0.2, -0.15) is 0 Å². The van der Waals surface area contributed by atoms with E-state index in [2.05, 4.69) is 10.6 Å². The summed E-state index contributed by atoms with van der Waals surface area (Å²) in [7, 11) is 1.21. The quantitative estimate of drug-likeness (QED) is 0.325. The molecule has 0 bridgehead atoms. The summed E-state index contributed by atoms with van der Waals surface area (Å²) in [6.45, 7) is 6.42. The molecule has 1 heterocycles. The Labute approximate surface area is 217 Å². The van der Waals surface area contributed by atoms with E-state index in [1.807, 2.05) is 74.2 Å². The topological polar surface area (TPSA) is 131 Å². The predicted molar refractivity (Wildman–Crippen MR) is 142 cm³/mol. The number of rotatable bonds is 9. The van der Waals surface area contributed by atoms with Gasteiger partial charge in [0, 0.05) is 20.2 Å². The monoisotopic (exact) mass is 511 g/mol. The highest BCUT2D eigenvalue weighted by Crippen LogP contribution is 2.30. The van der Waals surface area contributed by atoms with Gasteiger partial charge in [-0.25, -0.2) is 0 Å². The maximum absolute atomic E-state index is 13.1. The summed E-state index contributed by atoms with van der Waals surface area (Å²) in [5, 5.41) is 36.9. The lowest BCUT2D eigenvalue weighted by molar-refractivity contribution is -0.150. The summed E-state index contributed by atoms with van der Waals surface area (Å²) < 4.78 is 5.18. The normalized spacial score (nSPS) is 19.4. The van der Waals surface area contributed by atoms with E-state index in [4.69, 9.17) is 4.74 Å². The number of aliphatic hydroxyl groups excluding tert-OH is 3. The highest BCUT2D eigenvalue weighted by molar-refractivity contribution is 6.01. The van der Waals surface area contributed by atoms with Crippen molar-refractivity contribution in [2.45, 2.75) is 57.8 Å². The van der Waals surface area contributed by atoms with Gasteiger partial charge < -0.3 is 35.6 Å². The molecule has 1 aliphatic heterocycles. The van der Waals surface area contributed by atoms with E-state index in [0.29, 0.717) is 12.2 Å². The second-order valence-electron chi connectivity index (χ2n) is 10.3. The molecule has 0 aromatic heterocycles. The van der Waals surface area contributed by atoms with Crippen molar-refractivity contribution in [3.63, 3.8) is 0 Å². The third-order valence-corrected chi connectivity index (χ3v) is 6.07. The molecular formula is C28H37N3O6. The van der Waals surface area contributed by atoms with Crippen LogP contribution in [-0.4, -0.2) is 71.2 Å². The van der Waals surface area contributed by atoms with Gasteiger partial charge in [0.25, 0.3) is 5.91 Å². The van der Waals surface area contributed by atoms with Crippen LogP contribution in [0.3, 0.4) is 0 Å². The van der Waals surface area contributed by atoms with Crippen LogP contribution in [-0.2, 0) is 20.9 Å². The number of nitrogens with one attached hydrogen (secondary N) is 2. The fourth-order valence-electron chi connectivity index (χ4n) is 4.08. The Morgan fingerprint density at radius 1 is 1.11 bits per heavy atom. The van der Waals surface area contributed by atoms with E-state index in [1.54, 1.807) is 12.1 Å². The minimum absolute atomic E-state index is 0.162. The molecule has 1 unspecified atom stereocenters. The fraction of sp³-hybridized carbons (Fsp3) is 0.429. The average Bonchev–Trinajstić information content (AvgIpc) is 2.98. The van der Waals surface area contributed by atoms with Crippen molar-refractivity contribution in [1.82, 2.24) is 5.32 Å². The highest BCUT2D eigenvalue weighted by atomic mass is 16.5. The van der Waals surface area contributed by atoms with Crippen molar-refractivity contribution >= 4 is 23.2 Å². The first-order valence-corrected chi connectivity index (χ1v) is 12.3. The summed E-state index contributed by atoms with van der Waals surface area (Å²) >= 11 is 0. The van der Waals surface area contributed by atoms with Crippen molar-refractivity contribution in [2.24, 2.45) is 5.41 Å². The van der Waals surface area contributed by atoms with Crippen LogP contribution >= 0.6 is 0 Å². The number of hydrogen-bond acceptors (Lipinski definition) is 7. The van der Waals surface area contributed by atoms with E-state index in [0.717, 1.165) is 11.3 Å². The van der Waals surface area contributed by atoms with Gasteiger partial charge in [-0.05, 0) is 23.1 Å². The molecule has 2 aromatic rings. The SMILES string of the molecule is CO[C@@H](C(=O)NC1CN(Cc2ccccc2)c2ccccc2NC1=O)[C@H](O)[C@@H](O)[C@H](O)C=CC(C)(C)C. The van der Waals surface area contributed by atoms with E-state index in [-0.39, 0.29) is 12.0 Å². The first-order chi connectivity index (χ1) is 17.5. The molecule has 200 valence electrons. The van der Waals surface area contributed by atoms with Crippen LogP contribution in [0, 0.1) is 5.41 Å². The van der Waals surface area contributed by atoms with E-state index in [9.17, 15) is 24.9 Å².